The highest BCUT2D eigenvalue weighted by atomic mass is 32.2. The van der Waals surface area contributed by atoms with Crippen molar-refractivity contribution in [1.82, 2.24) is 4.72 Å². The minimum Gasteiger partial charge on any atom is -0.478 e. The molecular formula is C14H18N2O4S. The number of carboxylic acid groups (broad SMARTS) is 1. The molecular weight excluding hydrogens is 292 g/mol. The second-order valence-corrected chi connectivity index (χ2v) is 6.25. The maximum Gasteiger partial charge on any atom is 0.335 e. The number of aryl methyl sites for hydroxylation is 1. The third-order valence-electron chi connectivity index (χ3n) is 3.14. The van der Waals surface area contributed by atoms with Crippen LogP contribution in [0.5, 0.6) is 0 Å². The van der Waals surface area contributed by atoms with Gasteiger partial charge >= 0.3 is 5.97 Å². The van der Waals surface area contributed by atoms with Crippen LogP contribution in [-0.2, 0) is 16.4 Å². The molecule has 0 amide bonds. The maximum absolute atomic E-state index is 12.4. The Bertz CT molecular complexity index is 662. The van der Waals surface area contributed by atoms with Gasteiger partial charge in [0.1, 0.15) is 0 Å². The van der Waals surface area contributed by atoms with Crippen LogP contribution in [0.4, 0.5) is 0 Å². The highest BCUT2D eigenvalue weighted by Crippen LogP contribution is 2.19. The molecule has 0 aliphatic rings. The van der Waals surface area contributed by atoms with Crippen molar-refractivity contribution in [2.75, 3.05) is 0 Å². The van der Waals surface area contributed by atoms with Gasteiger partial charge in [-0.2, -0.15) is 5.26 Å². The van der Waals surface area contributed by atoms with Crippen LogP contribution in [0.3, 0.4) is 0 Å². The van der Waals surface area contributed by atoms with Crippen molar-refractivity contribution < 1.29 is 18.3 Å². The van der Waals surface area contributed by atoms with E-state index < -0.39 is 22.0 Å². The van der Waals surface area contributed by atoms with Gasteiger partial charge in [0.2, 0.25) is 10.0 Å². The van der Waals surface area contributed by atoms with Crippen molar-refractivity contribution in [3.63, 3.8) is 0 Å². The van der Waals surface area contributed by atoms with Crippen molar-refractivity contribution >= 4 is 16.0 Å². The lowest BCUT2D eigenvalue weighted by Crippen LogP contribution is -2.34. The fourth-order valence-corrected chi connectivity index (χ4v) is 3.55. The summed E-state index contributed by atoms with van der Waals surface area (Å²) >= 11 is 0. The predicted molar refractivity (Wildman–Crippen MR) is 77.4 cm³/mol. The van der Waals surface area contributed by atoms with E-state index in [1.54, 1.807) is 13.8 Å². The molecule has 0 fully saturated rings. The standard InChI is InChI=1S/C14H18N2O4S/c1-3-10-5-6-11(14(17)18)9-13(10)21(19,20)16-12(4-2)7-8-15/h5-6,9,12,16H,3-4,7H2,1-2H3,(H,17,18). The normalized spacial score (nSPS) is 12.6. The third kappa shape index (κ3) is 4.28. The van der Waals surface area contributed by atoms with Gasteiger partial charge in [-0.15, -0.1) is 0 Å². The van der Waals surface area contributed by atoms with Crippen molar-refractivity contribution in [2.24, 2.45) is 0 Å². The Morgan fingerprint density at radius 3 is 2.57 bits per heavy atom. The summed E-state index contributed by atoms with van der Waals surface area (Å²) in [6.07, 6.45) is 1.01. The van der Waals surface area contributed by atoms with Crippen LogP contribution >= 0.6 is 0 Å². The second-order valence-electron chi connectivity index (χ2n) is 4.57. The van der Waals surface area contributed by atoms with Gasteiger partial charge in [-0.05, 0) is 30.5 Å². The van der Waals surface area contributed by atoms with Gasteiger partial charge in [0, 0.05) is 6.04 Å². The van der Waals surface area contributed by atoms with E-state index >= 15 is 0 Å². The summed E-state index contributed by atoms with van der Waals surface area (Å²) in [7, 11) is -3.86. The molecule has 7 heteroatoms. The molecule has 1 aromatic rings. The van der Waals surface area contributed by atoms with Gasteiger partial charge in [0.25, 0.3) is 0 Å². The van der Waals surface area contributed by atoms with Gasteiger partial charge in [0.15, 0.2) is 0 Å². The smallest absolute Gasteiger partial charge is 0.335 e. The minimum atomic E-state index is -3.86. The van der Waals surface area contributed by atoms with Crippen molar-refractivity contribution in [1.29, 1.82) is 5.26 Å². The molecule has 0 spiro atoms. The highest BCUT2D eigenvalue weighted by Gasteiger charge is 2.23. The van der Waals surface area contributed by atoms with Crippen LogP contribution in [0, 0.1) is 11.3 Å². The van der Waals surface area contributed by atoms with Gasteiger partial charge < -0.3 is 5.11 Å². The first-order valence-electron chi connectivity index (χ1n) is 6.61. The molecule has 0 radical (unpaired) electrons. The number of carbonyl (C=O) groups is 1. The number of nitriles is 1. The van der Waals surface area contributed by atoms with Gasteiger partial charge in [-0.1, -0.05) is 19.9 Å². The molecule has 2 N–H and O–H groups in total. The summed E-state index contributed by atoms with van der Waals surface area (Å²) in [6, 6.07) is 5.48. The van der Waals surface area contributed by atoms with E-state index in [1.807, 2.05) is 6.07 Å². The van der Waals surface area contributed by atoms with Crippen LogP contribution in [0.15, 0.2) is 23.1 Å². The van der Waals surface area contributed by atoms with Crippen LogP contribution < -0.4 is 4.72 Å². The number of nitrogens with zero attached hydrogens (tertiary/aromatic N) is 1. The van der Waals surface area contributed by atoms with Crippen molar-refractivity contribution in [2.45, 2.75) is 44.0 Å². The van der Waals surface area contributed by atoms with E-state index in [-0.39, 0.29) is 16.9 Å². The number of benzene rings is 1. The average Bonchev–Trinajstić information content (AvgIpc) is 2.45. The van der Waals surface area contributed by atoms with E-state index in [4.69, 9.17) is 10.4 Å². The van der Waals surface area contributed by atoms with E-state index in [9.17, 15) is 13.2 Å². The van der Waals surface area contributed by atoms with Gasteiger partial charge in [-0.25, -0.2) is 17.9 Å². The maximum atomic E-state index is 12.4. The lowest BCUT2D eigenvalue weighted by Gasteiger charge is -2.16. The van der Waals surface area contributed by atoms with E-state index in [0.717, 1.165) is 6.07 Å². The Hall–Kier alpha value is -1.91. The Labute approximate surface area is 124 Å². The SMILES string of the molecule is CCc1ccc(C(=O)O)cc1S(=O)(=O)NC(CC)CC#N. The van der Waals surface area contributed by atoms with Gasteiger partial charge in [0.05, 0.1) is 22.9 Å². The quantitative estimate of drug-likeness (QED) is 0.800. The van der Waals surface area contributed by atoms with E-state index in [0.29, 0.717) is 18.4 Å². The first-order chi connectivity index (χ1) is 9.85. The summed E-state index contributed by atoms with van der Waals surface area (Å²) in [5.41, 5.74) is 0.459. The summed E-state index contributed by atoms with van der Waals surface area (Å²) in [6.45, 7) is 3.57. The minimum absolute atomic E-state index is 0.0405. The molecule has 1 rings (SSSR count). The number of nitrogens with one attached hydrogen (secondary N) is 1. The molecule has 0 aliphatic heterocycles. The predicted octanol–water partition coefficient (Wildman–Crippen LogP) is 1.92. The molecule has 0 bridgehead atoms. The lowest BCUT2D eigenvalue weighted by molar-refractivity contribution is 0.0696. The van der Waals surface area contributed by atoms with E-state index in [2.05, 4.69) is 4.72 Å². The second kappa shape index (κ2) is 7.20. The molecule has 0 aliphatic carbocycles. The number of rotatable bonds is 7. The number of hydrogen-bond donors (Lipinski definition) is 2. The van der Waals surface area contributed by atoms with Crippen LogP contribution in [-0.4, -0.2) is 25.5 Å². The molecule has 0 saturated carbocycles. The Morgan fingerprint density at radius 1 is 1.43 bits per heavy atom. The number of aromatic carboxylic acids is 1. The molecule has 0 aromatic heterocycles. The zero-order chi connectivity index (χ0) is 16.0. The third-order valence-corrected chi connectivity index (χ3v) is 4.74. The van der Waals surface area contributed by atoms with Crippen LogP contribution in [0.2, 0.25) is 0 Å². The summed E-state index contributed by atoms with van der Waals surface area (Å²) in [4.78, 5) is 11.0. The molecule has 6 nitrogen and oxygen atoms in total. The Morgan fingerprint density at radius 2 is 2.10 bits per heavy atom. The molecule has 0 saturated heterocycles. The van der Waals surface area contributed by atoms with Crippen LogP contribution in [0.1, 0.15) is 42.6 Å². The number of carboxylic acids is 1. The first-order valence-corrected chi connectivity index (χ1v) is 8.09. The fraction of sp³-hybridized carbons (Fsp3) is 0.429. The van der Waals surface area contributed by atoms with Crippen molar-refractivity contribution in [3.05, 3.63) is 29.3 Å². The molecule has 1 unspecified atom stereocenters. The largest absolute Gasteiger partial charge is 0.478 e. The average molecular weight is 310 g/mol. The topological polar surface area (TPSA) is 107 Å². The Balaban J connectivity index is 3.26. The van der Waals surface area contributed by atoms with Crippen molar-refractivity contribution in [3.8, 4) is 6.07 Å². The number of hydrogen-bond acceptors (Lipinski definition) is 4. The van der Waals surface area contributed by atoms with Crippen LogP contribution in [0.25, 0.3) is 0 Å². The molecule has 1 aromatic carbocycles. The lowest BCUT2D eigenvalue weighted by atomic mass is 10.1. The molecule has 114 valence electrons. The summed E-state index contributed by atoms with van der Waals surface area (Å²) < 4.78 is 27.3. The molecule has 1 atom stereocenters. The Kier molecular flexibility index (Phi) is 5.88. The summed E-state index contributed by atoms with van der Waals surface area (Å²) in [5.74, 6) is -1.18. The zero-order valence-corrected chi connectivity index (χ0v) is 12.8. The monoisotopic (exact) mass is 310 g/mol. The fourth-order valence-electron chi connectivity index (χ4n) is 1.89. The van der Waals surface area contributed by atoms with Gasteiger partial charge in [-0.3, -0.25) is 0 Å². The highest BCUT2D eigenvalue weighted by molar-refractivity contribution is 7.89. The molecule has 0 heterocycles. The molecule has 21 heavy (non-hydrogen) atoms. The van der Waals surface area contributed by atoms with E-state index in [1.165, 1.54) is 12.1 Å². The zero-order valence-electron chi connectivity index (χ0n) is 12.0. The number of sulfonamides is 1. The first kappa shape index (κ1) is 17.1. The summed E-state index contributed by atoms with van der Waals surface area (Å²) in [5, 5.41) is 17.7.